The molecule has 1 fully saturated rings. The zero-order valence-corrected chi connectivity index (χ0v) is 18.0. The van der Waals surface area contributed by atoms with Crippen molar-refractivity contribution in [3.05, 3.63) is 66.2 Å². The molecule has 0 bridgehead atoms. The van der Waals surface area contributed by atoms with Gasteiger partial charge in [0.05, 0.1) is 4.90 Å². The van der Waals surface area contributed by atoms with Crippen LogP contribution in [0.15, 0.2) is 65.6 Å². The molecule has 1 aliphatic heterocycles. The largest absolute Gasteiger partial charge is 0.452 e. The van der Waals surface area contributed by atoms with Crippen LogP contribution in [0.25, 0.3) is 6.08 Å². The maximum atomic E-state index is 12.8. The predicted octanol–water partition coefficient (Wildman–Crippen LogP) is 3.45. The van der Waals surface area contributed by atoms with Crippen LogP contribution in [-0.4, -0.2) is 44.3 Å². The highest BCUT2D eigenvalue weighted by Crippen LogP contribution is 2.21. The molecule has 1 saturated heterocycles. The number of ether oxygens (including phenoxy) is 1. The molecule has 1 amide bonds. The number of nitrogens with zero attached hydrogens (tertiary/aromatic N) is 1. The Labute approximate surface area is 182 Å². The molecule has 0 radical (unpaired) electrons. The van der Waals surface area contributed by atoms with Crippen LogP contribution >= 0.6 is 0 Å². The van der Waals surface area contributed by atoms with Crippen molar-refractivity contribution in [1.29, 1.82) is 0 Å². The third-order valence-corrected chi connectivity index (χ3v) is 6.81. The summed E-state index contributed by atoms with van der Waals surface area (Å²) in [4.78, 5) is 23.9. The lowest BCUT2D eigenvalue weighted by Gasteiger charge is -2.19. The van der Waals surface area contributed by atoms with E-state index < -0.39 is 28.5 Å². The van der Waals surface area contributed by atoms with E-state index in [9.17, 15) is 18.0 Å². The van der Waals surface area contributed by atoms with Crippen LogP contribution in [0.4, 0.5) is 5.69 Å². The number of benzene rings is 2. The van der Waals surface area contributed by atoms with Crippen LogP contribution in [0, 0.1) is 0 Å². The minimum Gasteiger partial charge on any atom is -0.452 e. The molecule has 0 aliphatic carbocycles. The maximum Gasteiger partial charge on any atom is 0.331 e. The zero-order valence-electron chi connectivity index (χ0n) is 17.2. The lowest BCUT2D eigenvalue weighted by Crippen LogP contribution is -2.31. The molecule has 7 nitrogen and oxygen atoms in total. The molecule has 3 rings (SSSR count). The van der Waals surface area contributed by atoms with Crippen molar-refractivity contribution in [3.63, 3.8) is 0 Å². The molecular formula is C23H26N2O5S. The predicted molar refractivity (Wildman–Crippen MR) is 119 cm³/mol. The third kappa shape index (κ3) is 6.77. The van der Waals surface area contributed by atoms with Crippen molar-refractivity contribution < 1.29 is 22.7 Å². The normalized spacial score (nSPS) is 15.4. The van der Waals surface area contributed by atoms with E-state index in [1.54, 1.807) is 52.8 Å². The fraction of sp³-hybridized carbons (Fsp3) is 0.304. The van der Waals surface area contributed by atoms with E-state index in [0.29, 0.717) is 24.3 Å². The standard InChI is InChI=1S/C23H26N2O5S/c26-22(24-20-8-4-3-5-9-20)18-30-23(27)15-12-19-10-13-21(14-11-19)31(28,29)25-16-6-1-2-7-17-25/h3-5,8-15H,1-2,6-7,16-18H2,(H,24,26). The first kappa shape index (κ1) is 22.7. The van der Waals surface area contributed by atoms with Gasteiger partial charge in [0.1, 0.15) is 0 Å². The highest BCUT2D eigenvalue weighted by molar-refractivity contribution is 7.89. The Hall–Kier alpha value is -2.97. The van der Waals surface area contributed by atoms with Gasteiger partial charge in [0.15, 0.2) is 6.61 Å². The average molecular weight is 443 g/mol. The van der Waals surface area contributed by atoms with Crippen molar-refractivity contribution in [2.45, 2.75) is 30.6 Å². The molecule has 164 valence electrons. The summed E-state index contributed by atoms with van der Waals surface area (Å²) in [6, 6.07) is 15.2. The summed E-state index contributed by atoms with van der Waals surface area (Å²) in [5.74, 6) is -1.10. The third-order valence-electron chi connectivity index (χ3n) is 4.90. The van der Waals surface area contributed by atoms with E-state index in [0.717, 1.165) is 25.7 Å². The van der Waals surface area contributed by atoms with Crippen molar-refractivity contribution in [3.8, 4) is 0 Å². The van der Waals surface area contributed by atoms with Gasteiger partial charge in [-0.3, -0.25) is 4.79 Å². The van der Waals surface area contributed by atoms with E-state index >= 15 is 0 Å². The molecule has 0 spiro atoms. The lowest BCUT2D eigenvalue weighted by molar-refractivity contribution is -0.142. The Morgan fingerprint density at radius 1 is 0.935 bits per heavy atom. The number of nitrogens with one attached hydrogen (secondary N) is 1. The summed E-state index contributed by atoms with van der Waals surface area (Å²) in [6.07, 6.45) is 6.59. The van der Waals surface area contributed by atoms with Gasteiger partial charge in [-0.1, -0.05) is 43.2 Å². The molecule has 0 saturated carbocycles. The number of carbonyl (C=O) groups excluding carboxylic acids is 2. The van der Waals surface area contributed by atoms with Gasteiger partial charge in [0.25, 0.3) is 5.91 Å². The number of sulfonamides is 1. The number of carbonyl (C=O) groups is 2. The summed E-state index contributed by atoms with van der Waals surface area (Å²) in [6.45, 7) is 0.701. The maximum absolute atomic E-state index is 12.8. The van der Waals surface area contributed by atoms with Gasteiger partial charge in [0.2, 0.25) is 10.0 Å². The molecule has 1 aliphatic rings. The van der Waals surface area contributed by atoms with Gasteiger partial charge in [0, 0.05) is 24.9 Å². The molecule has 0 unspecified atom stereocenters. The molecule has 8 heteroatoms. The molecular weight excluding hydrogens is 416 g/mol. The van der Waals surface area contributed by atoms with Crippen LogP contribution in [0.2, 0.25) is 0 Å². The average Bonchev–Trinajstić information content (AvgIpc) is 3.07. The van der Waals surface area contributed by atoms with E-state index in [1.165, 1.54) is 12.2 Å². The minimum atomic E-state index is -3.50. The molecule has 2 aromatic carbocycles. The van der Waals surface area contributed by atoms with Gasteiger partial charge in [-0.15, -0.1) is 0 Å². The Kier molecular flexibility index (Phi) is 7.97. The number of amides is 1. The molecule has 1 heterocycles. The van der Waals surface area contributed by atoms with E-state index in [1.807, 2.05) is 6.07 Å². The number of hydrogen-bond donors (Lipinski definition) is 1. The Morgan fingerprint density at radius 2 is 1.58 bits per heavy atom. The summed E-state index contributed by atoms with van der Waals surface area (Å²) in [5, 5.41) is 2.62. The van der Waals surface area contributed by atoms with Crippen molar-refractivity contribution in [2.75, 3.05) is 25.0 Å². The SMILES string of the molecule is O=C(COC(=O)C=Cc1ccc(S(=O)(=O)N2CCCCCC2)cc1)Nc1ccccc1. The number of esters is 1. The fourth-order valence-corrected chi connectivity index (χ4v) is 4.77. The number of rotatable bonds is 7. The first-order valence-corrected chi connectivity index (χ1v) is 11.7. The van der Waals surface area contributed by atoms with Crippen LogP contribution in [0.3, 0.4) is 0 Å². The topological polar surface area (TPSA) is 92.8 Å². The van der Waals surface area contributed by atoms with Crippen LogP contribution < -0.4 is 5.32 Å². The highest BCUT2D eigenvalue weighted by Gasteiger charge is 2.24. The summed E-state index contributed by atoms with van der Waals surface area (Å²) in [7, 11) is -3.50. The second-order valence-electron chi connectivity index (χ2n) is 7.24. The van der Waals surface area contributed by atoms with Gasteiger partial charge >= 0.3 is 5.97 Å². The van der Waals surface area contributed by atoms with E-state index in [2.05, 4.69) is 5.32 Å². The van der Waals surface area contributed by atoms with Gasteiger partial charge < -0.3 is 10.1 Å². The highest BCUT2D eigenvalue weighted by atomic mass is 32.2. The fourth-order valence-electron chi connectivity index (χ4n) is 3.25. The molecule has 31 heavy (non-hydrogen) atoms. The molecule has 0 atom stereocenters. The van der Waals surface area contributed by atoms with E-state index in [-0.39, 0.29) is 4.90 Å². The van der Waals surface area contributed by atoms with Crippen LogP contribution in [-0.2, 0) is 24.3 Å². The summed E-state index contributed by atoms with van der Waals surface area (Å²) in [5.41, 5.74) is 1.27. The molecule has 1 N–H and O–H groups in total. The smallest absolute Gasteiger partial charge is 0.331 e. The van der Waals surface area contributed by atoms with Gasteiger partial charge in [-0.25, -0.2) is 13.2 Å². The monoisotopic (exact) mass is 442 g/mol. The Morgan fingerprint density at radius 3 is 2.23 bits per heavy atom. The zero-order chi connectivity index (χ0) is 22.1. The van der Waals surface area contributed by atoms with E-state index in [4.69, 9.17) is 4.74 Å². The van der Waals surface area contributed by atoms with Crippen molar-refractivity contribution >= 4 is 33.7 Å². The quantitative estimate of drug-likeness (QED) is 0.524. The number of para-hydroxylation sites is 1. The molecule has 0 aromatic heterocycles. The number of hydrogen-bond acceptors (Lipinski definition) is 5. The van der Waals surface area contributed by atoms with Crippen molar-refractivity contribution in [1.82, 2.24) is 4.31 Å². The second-order valence-corrected chi connectivity index (χ2v) is 9.18. The Bertz CT molecular complexity index is 1010. The molecule has 2 aromatic rings. The summed E-state index contributed by atoms with van der Waals surface area (Å²) >= 11 is 0. The lowest BCUT2D eigenvalue weighted by atomic mass is 10.2. The first-order valence-electron chi connectivity index (χ1n) is 10.2. The van der Waals surface area contributed by atoms with Crippen LogP contribution in [0.1, 0.15) is 31.2 Å². The van der Waals surface area contributed by atoms with Gasteiger partial charge in [-0.2, -0.15) is 4.31 Å². The Balaban J connectivity index is 1.51. The number of anilines is 1. The van der Waals surface area contributed by atoms with Crippen LogP contribution in [0.5, 0.6) is 0 Å². The van der Waals surface area contributed by atoms with Crippen molar-refractivity contribution in [2.24, 2.45) is 0 Å². The second kappa shape index (κ2) is 10.9. The first-order chi connectivity index (χ1) is 14.9. The minimum absolute atomic E-state index is 0.242. The summed E-state index contributed by atoms with van der Waals surface area (Å²) < 4.78 is 32.1. The van der Waals surface area contributed by atoms with Gasteiger partial charge in [-0.05, 0) is 48.7 Å².